The van der Waals surface area contributed by atoms with Crippen LogP contribution in [0.4, 0.5) is 11.5 Å². The van der Waals surface area contributed by atoms with Crippen molar-refractivity contribution < 1.29 is 0 Å². The summed E-state index contributed by atoms with van der Waals surface area (Å²) < 4.78 is 0. The number of halogens is 2. The highest BCUT2D eigenvalue weighted by Crippen LogP contribution is 2.22. The zero-order valence-corrected chi connectivity index (χ0v) is 10.7. The third-order valence-corrected chi connectivity index (χ3v) is 2.85. The molecule has 17 heavy (non-hydrogen) atoms. The third kappa shape index (κ3) is 3.35. The summed E-state index contributed by atoms with van der Waals surface area (Å²) in [4.78, 5) is 4.17. The lowest BCUT2D eigenvalue weighted by molar-refractivity contribution is 1.15. The molecular weight excluding hydrogens is 255 g/mol. The van der Waals surface area contributed by atoms with Crippen molar-refractivity contribution in [3.05, 3.63) is 53.2 Å². The lowest BCUT2D eigenvalue weighted by Crippen LogP contribution is -1.94. The zero-order chi connectivity index (χ0) is 12.1. The van der Waals surface area contributed by atoms with Gasteiger partial charge in [-0.1, -0.05) is 23.7 Å². The third-order valence-electron chi connectivity index (χ3n) is 2.36. The van der Waals surface area contributed by atoms with Gasteiger partial charge < -0.3 is 5.32 Å². The van der Waals surface area contributed by atoms with Gasteiger partial charge in [0.05, 0.1) is 5.02 Å². The minimum atomic E-state index is 0.609. The Kier molecular flexibility index (Phi) is 4.24. The molecule has 88 valence electrons. The van der Waals surface area contributed by atoms with Crippen LogP contribution in [0.1, 0.15) is 5.56 Å². The number of nitrogens with zero attached hydrogens (tertiary/aromatic N) is 1. The Labute approximate surface area is 111 Å². The molecule has 0 saturated carbocycles. The van der Waals surface area contributed by atoms with Crippen LogP contribution in [0.15, 0.2) is 42.6 Å². The average molecular weight is 267 g/mol. The number of hydrogen-bond donors (Lipinski definition) is 1. The van der Waals surface area contributed by atoms with Gasteiger partial charge in [-0.25, -0.2) is 4.98 Å². The summed E-state index contributed by atoms with van der Waals surface area (Å²) in [5.74, 6) is 1.30. The monoisotopic (exact) mass is 266 g/mol. The van der Waals surface area contributed by atoms with Crippen LogP contribution < -0.4 is 5.32 Å². The Bertz CT molecular complexity index is 483. The fourth-order valence-electron chi connectivity index (χ4n) is 1.48. The van der Waals surface area contributed by atoms with Crippen LogP contribution >= 0.6 is 23.2 Å². The lowest BCUT2D eigenvalue weighted by atomic mass is 10.1. The van der Waals surface area contributed by atoms with Crippen LogP contribution in [-0.2, 0) is 6.42 Å². The largest absolute Gasteiger partial charge is 0.339 e. The second kappa shape index (κ2) is 5.89. The van der Waals surface area contributed by atoms with Crippen LogP contribution in [0, 0.1) is 0 Å². The van der Waals surface area contributed by atoms with E-state index in [0.29, 0.717) is 16.7 Å². The smallest absolute Gasteiger partial charge is 0.149 e. The summed E-state index contributed by atoms with van der Waals surface area (Å²) in [6, 6.07) is 11.7. The molecule has 0 atom stereocenters. The molecule has 1 aromatic carbocycles. The molecule has 2 aromatic rings. The summed E-state index contributed by atoms with van der Waals surface area (Å²) >= 11 is 11.7. The van der Waals surface area contributed by atoms with E-state index >= 15 is 0 Å². The summed E-state index contributed by atoms with van der Waals surface area (Å²) in [7, 11) is 0. The highest BCUT2D eigenvalue weighted by atomic mass is 35.5. The molecule has 2 rings (SSSR count). The van der Waals surface area contributed by atoms with Crippen molar-refractivity contribution in [3.63, 3.8) is 0 Å². The molecule has 0 unspecified atom stereocenters. The molecule has 0 amide bonds. The minimum absolute atomic E-state index is 0.609. The van der Waals surface area contributed by atoms with Crippen molar-refractivity contribution in [1.82, 2.24) is 4.98 Å². The van der Waals surface area contributed by atoms with Gasteiger partial charge in [-0.15, -0.1) is 11.6 Å². The molecule has 0 aliphatic rings. The van der Waals surface area contributed by atoms with E-state index in [0.717, 1.165) is 12.1 Å². The quantitative estimate of drug-likeness (QED) is 0.837. The van der Waals surface area contributed by atoms with Gasteiger partial charge in [0.25, 0.3) is 0 Å². The fraction of sp³-hybridized carbons (Fsp3) is 0.154. The van der Waals surface area contributed by atoms with E-state index < -0.39 is 0 Å². The average Bonchev–Trinajstić information content (AvgIpc) is 2.35. The number of pyridine rings is 1. The van der Waals surface area contributed by atoms with Crippen LogP contribution in [0.25, 0.3) is 0 Å². The second-order valence-electron chi connectivity index (χ2n) is 3.59. The Morgan fingerprint density at radius 3 is 2.53 bits per heavy atom. The number of nitrogens with one attached hydrogen (secondary N) is 1. The van der Waals surface area contributed by atoms with Crippen LogP contribution in [0.2, 0.25) is 5.02 Å². The van der Waals surface area contributed by atoms with Gasteiger partial charge in [0.15, 0.2) is 0 Å². The molecule has 1 heterocycles. The standard InChI is InChI=1S/C13H12Cl2N2/c14-8-7-10-3-5-11(6-4-10)17-13-12(15)2-1-9-16-13/h1-6,9H,7-8H2,(H,16,17). The SMILES string of the molecule is ClCCc1ccc(Nc2ncccc2Cl)cc1. The van der Waals surface area contributed by atoms with E-state index in [1.807, 2.05) is 24.3 Å². The number of benzene rings is 1. The summed E-state index contributed by atoms with van der Waals surface area (Å²) in [5.41, 5.74) is 2.18. The number of aromatic nitrogens is 1. The maximum atomic E-state index is 6.01. The number of aryl methyl sites for hydroxylation is 1. The Balaban J connectivity index is 2.11. The van der Waals surface area contributed by atoms with Gasteiger partial charge in [-0.05, 0) is 36.2 Å². The molecule has 1 aromatic heterocycles. The predicted octanol–water partition coefficient (Wildman–Crippen LogP) is 4.26. The Morgan fingerprint density at radius 2 is 1.88 bits per heavy atom. The normalized spacial score (nSPS) is 10.2. The van der Waals surface area contributed by atoms with E-state index in [-0.39, 0.29) is 0 Å². The lowest BCUT2D eigenvalue weighted by Gasteiger charge is -2.07. The van der Waals surface area contributed by atoms with Gasteiger partial charge in [0.2, 0.25) is 0 Å². The first-order chi connectivity index (χ1) is 8.29. The molecular formula is C13H12Cl2N2. The molecule has 0 aliphatic carbocycles. The molecule has 0 saturated heterocycles. The fourth-order valence-corrected chi connectivity index (χ4v) is 1.87. The highest BCUT2D eigenvalue weighted by molar-refractivity contribution is 6.33. The van der Waals surface area contributed by atoms with Crippen molar-refractivity contribution in [2.45, 2.75) is 6.42 Å². The van der Waals surface area contributed by atoms with Crippen LogP contribution in [0.3, 0.4) is 0 Å². The van der Waals surface area contributed by atoms with Crippen molar-refractivity contribution in [2.75, 3.05) is 11.2 Å². The topological polar surface area (TPSA) is 24.9 Å². The van der Waals surface area contributed by atoms with E-state index in [1.54, 1.807) is 18.3 Å². The molecule has 0 bridgehead atoms. The summed E-state index contributed by atoms with van der Waals surface area (Å²) in [5, 5.41) is 3.77. The number of hydrogen-bond acceptors (Lipinski definition) is 2. The number of alkyl halides is 1. The van der Waals surface area contributed by atoms with E-state index in [9.17, 15) is 0 Å². The van der Waals surface area contributed by atoms with Crippen molar-refractivity contribution in [1.29, 1.82) is 0 Å². The summed E-state index contributed by atoms with van der Waals surface area (Å²) in [6.45, 7) is 0. The van der Waals surface area contributed by atoms with Gasteiger partial charge in [-0.2, -0.15) is 0 Å². The first kappa shape index (κ1) is 12.2. The van der Waals surface area contributed by atoms with E-state index in [1.165, 1.54) is 5.56 Å². The first-order valence-corrected chi connectivity index (χ1v) is 6.23. The van der Waals surface area contributed by atoms with Gasteiger partial charge >= 0.3 is 0 Å². The van der Waals surface area contributed by atoms with Crippen LogP contribution in [-0.4, -0.2) is 10.9 Å². The molecule has 0 aliphatic heterocycles. The second-order valence-corrected chi connectivity index (χ2v) is 4.38. The molecule has 1 N–H and O–H groups in total. The molecule has 2 nitrogen and oxygen atoms in total. The first-order valence-electron chi connectivity index (χ1n) is 5.32. The minimum Gasteiger partial charge on any atom is -0.339 e. The van der Waals surface area contributed by atoms with Gasteiger partial charge in [0, 0.05) is 17.8 Å². The Morgan fingerprint density at radius 1 is 1.12 bits per heavy atom. The van der Waals surface area contributed by atoms with Gasteiger partial charge in [-0.3, -0.25) is 0 Å². The van der Waals surface area contributed by atoms with Crippen LogP contribution in [0.5, 0.6) is 0 Å². The van der Waals surface area contributed by atoms with E-state index in [2.05, 4.69) is 10.3 Å². The summed E-state index contributed by atoms with van der Waals surface area (Å²) in [6.07, 6.45) is 2.59. The predicted molar refractivity (Wildman–Crippen MR) is 73.4 cm³/mol. The number of rotatable bonds is 4. The Hall–Kier alpha value is -1.25. The molecule has 0 fully saturated rings. The molecule has 0 spiro atoms. The van der Waals surface area contributed by atoms with Crippen molar-refractivity contribution >= 4 is 34.7 Å². The van der Waals surface area contributed by atoms with Crippen molar-refractivity contribution in [3.8, 4) is 0 Å². The van der Waals surface area contributed by atoms with E-state index in [4.69, 9.17) is 23.2 Å². The maximum absolute atomic E-state index is 6.01. The zero-order valence-electron chi connectivity index (χ0n) is 9.16. The van der Waals surface area contributed by atoms with Crippen molar-refractivity contribution in [2.24, 2.45) is 0 Å². The highest BCUT2D eigenvalue weighted by Gasteiger charge is 2.00. The molecule has 4 heteroatoms. The number of anilines is 2. The maximum Gasteiger partial charge on any atom is 0.149 e. The van der Waals surface area contributed by atoms with Gasteiger partial charge in [0.1, 0.15) is 5.82 Å². The molecule has 0 radical (unpaired) electrons.